The molecular formula is C13H24N2O4. The van der Waals surface area contributed by atoms with Crippen molar-refractivity contribution in [3.05, 3.63) is 0 Å². The molecule has 1 atom stereocenters. The topological polar surface area (TPSA) is 84.5 Å². The smallest absolute Gasteiger partial charge is 0.407 e. The van der Waals surface area contributed by atoms with E-state index in [9.17, 15) is 14.4 Å². The van der Waals surface area contributed by atoms with Crippen LogP contribution in [0.5, 0.6) is 0 Å². The molecule has 0 bridgehead atoms. The molecule has 0 heterocycles. The molecule has 6 nitrogen and oxygen atoms in total. The second-order valence-electron chi connectivity index (χ2n) is 6.07. The third-order valence-electron chi connectivity index (χ3n) is 2.66. The van der Waals surface area contributed by atoms with Crippen LogP contribution in [-0.4, -0.2) is 37.0 Å². The van der Waals surface area contributed by atoms with Crippen molar-refractivity contribution in [2.75, 3.05) is 6.54 Å². The van der Waals surface area contributed by atoms with E-state index in [1.54, 1.807) is 20.8 Å². The van der Waals surface area contributed by atoms with E-state index in [4.69, 9.17) is 4.74 Å². The number of carbonyl (C=O) groups is 3. The quantitative estimate of drug-likeness (QED) is 0.683. The Morgan fingerprint density at radius 3 is 2.21 bits per heavy atom. The summed E-state index contributed by atoms with van der Waals surface area (Å²) in [6.07, 6.45) is 1.25. The maximum absolute atomic E-state index is 11.4. The Hall–Kier alpha value is -1.59. The summed E-state index contributed by atoms with van der Waals surface area (Å²) in [5, 5.41) is 5.08. The fourth-order valence-electron chi connectivity index (χ4n) is 1.48. The number of amides is 2. The Balaban J connectivity index is 4.21. The first-order valence-electron chi connectivity index (χ1n) is 6.24. The average Bonchev–Trinajstić information content (AvgIpc) is 2.22. The summed E-state index contributed by atoms with van der Waals surface area (Å²) in [5.41, 5.74) is -0.984. The minimum atomic E-state index is -0.578. The standard InChI is InChI=1S/C13H24N2O4/c1-12(2,3)19-11(18)14-7-6-13(4,5)10(8-16)15-9-17/h8-10H,6-7H2,1-5H3,(H,14,18)(H,15,17). The largest absolute Gasteiger partial charge is 0.444 e. The van der Waals surface area contributed by atoms with Crippen LogP contribution in [0, 0.1) is 5.41 Å². The van der Waals surface area contributed by atoms with Crippen LogP contribution < -0.4 is 10.6 Å². The van der Waals surface area contributed by atoms with Gasteiger partial charge in [-0.2, -0.15) is 0 Å². The maximum atomic E-state index is 11.4. The number of ether oxygens (including phenoxy) is 1. The van der Waals surface area contributed by atoms with Gasteiger partial charge in [-0.05, 0) is 32.6 Å². The van der Waals surface area contributed by atoms with Gasteiger partial charge in [0.25, 0.3) is 0 Å². The zero-order valence-electron chi connectivity index (χ0n) is 12.3. The summed E-state index contributed by atoms with van der Waals surface area (Å²) in [7, 11) is 0. The van der Waals surface area contributed by atoms with Crippen molar-refractivity contribution in [1.29, 1.82) is 0 Å². The number of alkyl carbamates (subject to hydrolysis) is 1. The Morgan fingerprint density at radius 2 is 1.79 bits per heavy atom. The van der Waals surface area contributed by atoms with Crippen molar-refractivity contribution in [2.24, 2.45) is 5.41 Å². The Labute approximate surface area is 114 Å². The van der Waals surface area contributed by atoms with E-state index in [1.807, 2.05) is 13.8 Å². The van der Waals surface area contributed by atoms with Crippen LogP contribution in [0.25, 0.3) is 0 Å². The third kappa shape index (κ3) is 7.43. The summed E-state index contributed by atoms with van der Waals surface area (Å²) in [6, 6.07) is -0.578. The Bertz CT molecular complexity index is 321. The number of hydrogen-bond acceptors (Lipinski definition) is 4. The molecule has 2 amide bonds. The van der Waals surface area contributed by atoms with Crippen molar-refractivity contribution >= 4 is 18.8 Å². The monoisotopic (exact) mass is 272 g/mol. The highest BCUT2D eigenvalue weighted by Gasteiger charge is 2.29. The van der Waals surface area contributed by atoms with Crippen molar-refractivity contribution < 1.29 is 19.1 Å². The molecule has 0 aliphatic carbocycles. The normalized spacial score (nSPS) is 13.3. The highest BCUT2D eigenvalue weighted by atomic mass is 16.6. The lowest BCUT2D eigenvalue weighted by Gasteiger charge is -2.30. The highest BCUT2D eigenvalue weighted by Crippen LogP contribution is 2.23. The zero-order valence-corrected chi connectivity index (χ0v) is 12.3. The predicted molar refractivity (Wildman–Crippen MR) is 71.7 cm³/mol. The van der Waals surface area contributed by atoms with E-state index in [2.05, 4.69) is 10.6 Å². The molecular weight excluding hydrogens is 248 g/mol. The van der Waals surface area contributed by atoms with Crippen LogP contribution in [0.3, 0.4) is 0 Å². The van der Waals surface area contributed by atoms with Gasteiger partial charge in [0.1, 0.15) is 11.9 Å². The molecule has 0 spiro atoms. The molecule has 6 heteroatoms. The van der Waals surface area contributed by atoms with Crippen LogP contribution in [-0.2, 0) is 14.3 Å². The van der Waals surface area contributed by atoms with E-state index in [-0.39, 0.29) is 0 Å². The summed E-state index contributed by atoms with van der Waals surface area (Å²) in [4.78, 5) is 32.7. The molecule has 1 unspecified atom stereocenters. The second kappa shape index (κ2) is 7.11. The third-order valence-corrected chi connectivity index (χ3v) is 2.66. The number of nitrogens with one attached hydrogen (secondary N) is 2. The van der Waals surface area contributed by atoms with Crippen LogP contribution in [0.15, 0.2) is 0 Å². The molecule has 2 N–H and O–H groups in total. The number of aldehydes is 1. The van der Waals surface area contributed by atoms with Crippen LogP contribution >= 0.6 is 0 Å². The van der Waals surface area contributed by atoms with Gasteiger partial charge in [0, 0.05) is 6.54 Å². The van der Waals surface area contributed by atoms with Crippen LogP contribution in [0.2, 0.25) is 0 Å². The highest BCUT2D eigenvalue weighted by molar-refractivity contribution is 5.67. The minimum Gasteiger partial charge on any atom is -0.444 e. The predicted octanol–water partition coefficient (Wildman–Crippen LogP) is 1.24. The summed E-state index contributed by atoms with van der Waals surface area (Å²) in [5.74, 6) is 0. The van der Waals surface area contributed by atoms with E-state index >= 15 is 0 Å². The molecule has 0 aliphatic heterocycles. The lowest BCUT2D eigenvalue weighted by atomic mass is 9.82. The summed E-state index contributed by atoms with van der Waals surface area (Å²) < 4.78 is 5.10. The summed E-state index contributed by atoms with van der Waals surface area (Å²) in [6.45, 7) is 9.41. The lowest BCUT2D eigenvalue weighted by molar-refractivity contribution is -0.117. The molecule has 0 aromatic rings. The Kier molecular flexibility index (Phi) is 6.52. The molecule has 110 valence electrons. The average molecular weight is 272 g/mol. The second-order valence-corrected chi connectivity index (χ2v) is 6.07. The first kappa shape index (κ1) is 17.4. The molecule has 0 aromatic carbocycles. The van der Waals surface area contributed by atoms with Gasteiger partial charge in [-0.1, -0.05) is 13.8 Å². The minimum absolute atomic E-state index is 0.368. The zero-order chi connectivity index (χ0) is 15.1. The molecule has 0 aromatic heterocycles. The molecule has 0 saturated carbocycles. The van der Waals surface area contributed by atoms with Crippen molar-refractivity contribution in [2.45, 2.75) is 52.7 Å². The van der Waals surface area contributed by atoms with Gasteiger partial charge < -0.3 is 20.2 Å². The van der Waals surface area contributed by atoms with Crippen LogP contribution in [0.1, 0.15) is 41.0 Å². The van der Waals surface area contributed by atoms with Crippen LogP contribution in [0.4, 0.5) is 4.79 Å². The number of carbonyl (C=O) groups excluding carboxylic acids is 3. The van der Waals surface area contributed by atoms with Crippen molar-refractivity contribution in [1.82, 2.24) is 10.6 Å². The fraction of sp³-hybridized carbons (Fsp3) is 0.769. The first-order valence-corrected chi connectivity index (χ1v) is 6.24. The molecule has 0 saturated heterocycles. The van der Waals surface area contributed by atoms with Gasteiger partial charge in [0.15, 0.2) is 0 Å². The fourth-order valence-corrected chi connectivity index (χ4v) is 1.48. The van der Waals surface area contributed by atoms with Gasteiger partial charge in [-0.15, -0.1) is 0 Å². The van der Waals surface area contributed by atoms with Gasteiger partial charge in [0.2, 0.25) is 6.41 Å². The van der Waals surface area contributed by atoms with E-state index in [0.717, 1.165) is 0 Å². The van der Waals surface area contributed by atoms with Gasteiger partial charge in [0.05, 0.1) is 6.04 Å². The molecule has 0 radical (unpaired) electrons. The van der Waals surface area contributed by atoms with E-state index in [1.165, 1.54) is 0 Å². The van der Waals surface area contributed by atoms with Crippen molar-refractivity contribution in [3.63, 3.8) is 0 Å². The van der Waals surface area contributed by atoms with Gasteiger partial charge >= 0.3 is 6.09 Å². The lowest BCUT2D eigenvalue weighted by Crippen LogP contribution is -2.44. The molecule has 0 fully saturated rings. The number of rotatable bonds is 7. The molecule has 0 rings (SSSR count). The van der Waals surface area contributed by atoms with Crippen molar-refractivity contribution in [3.8, 4) is 0 Å². The first-order chi connectivity index (χ1) is 8.62. The number of hydrogen-bond donors (Lipinski definition) is 2. The summed E-state index contributed by atoms with van der Waals surface area (Å²) >= 11 is 0. The SMILES string of the molecule is CC(C)(C)OC(=O)NCCC(C)(C)C(C=O)NC=O. The molecule has 0 aliphatic rings. The van der Waals surface area contributed by atoms with E-state index < -0.39 is 23.2 Å². The van der Waals surface area contributed by atoms with Gasteiger partial charge in [-0.3, -0.25) is 4.79 Å². The Morgan fingerprint density at radius 1 is 1.21 bits per heavy atom. The van der Waals surface area contributed by atoms with Gasteiger partial charge in [-0.25, -0.2) is 4.79 Å². The van der Waals surface area contributed by atoms with E-state index in [0.29, 0.717) is 25.7 Å². The maximum Gasteiger partial charge on any atom is 0.407 e. The molecule has 19 heavy (non-hydrogen) atoms.